The average Bonchev–Trinajstić information content (AvgIpc) is 3.62. The average molecular weight is 568 g/mol. The molecule has 2 aliphatic rings. The van der Waals surface area contributed by atoms with Gasteiger partial charge in [0.15, 0.2) is 12.6 Å². The van der Waals surface area contributed by atoms with Crippen LogP contribution in [-0.2, 0) is 4.74 Å². The Labute approximate surface area is 238 Å². The zero-order valence-corrected chi connectivity index (χ0v) is 24.3. The number of aryl methyl sites for hydroxylation is 1. The van der Waals surface area contributed by atoms with Crippen molar-refractivity contribution >= 4 is 35.0 Å². The summed E-state index contributed by atoms with van der Waals surface area (Å²) in [5.74, 6) is 1.84. The Morgan fingerprint density at radius 3 is 2.62 bits per heavy atom. The van der Waals surface area contributed by atoms with Crippen LogP contribution < -0.4 is 10.1 Å². The number of nitrogens with one attached hydrogen (secondary N) is 1. The summed E-state index contributed by atoms with van der Waals surface area (Å²) >= 11 is 1.58. The summed E-state index contributed by atoms with van der Waals surface area (Å²) in [6.07, 6.45) is 8.90. The lowest BCUT2D eigenvalue weighted by molar-refractivity contribution is -0.457. The third kappa shape index (κ3) is 6.87. The first-order valence-corrected chi connectivity index (χ1v) is 14.0. The Kier molecular flexibility index (Phi) is 8.61. The number of carbonyl (C=O) groups is 3. The van der Waals surface area contributed by atoms with Crippen molar-refractivity contribution in [1.29, 1.82) is 0 Å². The van der Waals surface area contributed by atoms with E-state index < -0.39 is 29.7 Å². The highest BCUT2D eigenvalue weighted by atomic mass is 32.1. The Balaban J connectivity index is 1.64. The molecule has 212 valence electrons. The highest BCUT2D eigenvalue weighted by molar-refractivity contribution is 7.11. The molecule has 4 rings (SSSR count). The number of terminal acetylenes is 1. The Hall–Kier alpha value is -3.75. The fourth-order valence-corrected chi connectivity index (χ4v) is 5.54. The van der Waals surface area contributed by atoms with Crippen molar-refractivity contribution in [2.24, 2.45) is 0 Å². The SMILES string of the molecule is C#CC1=[N+](C(=O)OC(C)(C)C)CCN(CC(Oc2cc(C)c(C(=O)O)cc2C(=O)NC)c2ncc(C3CC3)s2)C1. The number of hydrogen-bond acceptors (Lipinski definition) is 8. The van der Waals surface area contributed by atoms with E-state index in [2.05, 4.69) is 21.1 Å². The van der Waals surface area contributed by atoms with Gasteiger partial charge in [-0.05, 0) is 70.1 Å². The second-order valence-electron chi connectivity index (χ2n) is 11.0. The fraction of sp³-hybridized carbons (Fsp3) is 0.483. The highest BCUT2D eigenvalue weighted by Crippen LogP contribution is 2.44. The molecule has 1 atom stereocenters. The van der Waals surface area contributed by atoms with Crippen LogP contribution >= 0.6 is 11.3 Å². The Bertz CT molecular complexity index is 1400. The van der Waals surface area contributed by atoms with Crippen molar-refractivity contribution in [2.45, 2.75) is 58.2 Å². The minimum atomic E-state index is -1.13. The lowest BCUT2D eigenvalue weighted by Gasteiger charge is -2.29. The smallest absolute Gasteiger partial charge is 0.481 e. The summed E-state index contributed by atoms with van der Waals surface area (Å²) in [5, 5.41) is 12.9. The van der Waals surface area contributed by atoms with E-state index in [4.69, 9.17) is 15.9 Å². The number of ether oxygens (including phenoxy) is 2. The van der Waals surface area contributed by atoms with Gasteiger partial charge < -0.3 is 19.9 Å². The van der Waals surface area contributed by atoms with Gasteiger partial charge in [0.1, 0.15) is 16.4 Å². The highest BCUT2D eigenvalue weighted by Gasteiger charge is 2.36. The molecule has 10 nitrogen and oxygen atoms in total. The van der Waals surface area contributed by atoms with Crippen LogP contribution in [0.25, 0.3) is 0 Å². The zero-order chi connectivity index (χ0) is 29.2. The van der Waals surface area contributed by atoms with Crippen molar-refractivity contribution < 1.29 is 33.5 Å². The van der Waals surface area contributed by atoms with E-state index in [1.165, 1.54) is 22.6 Å². The molecular weight excluding hydrogens is 532 g/mol. The Morgan fingerprint density at radius 2 is 2.02 bits per heavy atom. The van der Waals surface area contributed by atoms with E-state index in [9.17, 15) is 19.5 Å². The first-order chi connectivity index (χ1) is 18.9. The van der Waals surface area contributed by atoms with E-state index in [0.717, 1.165) is 17.8 Å². The summed E-state index contributed by atoms with van der Waals surface area (Å²) in [6, 6.07) is 2.92. The van der Waals surface area contributed by atoms with Gasteiger partial charge in [0, 0.05) is 24.7 Å². The third-order valence-electron chi connectivity index (χ3n) is 6.64. The van der Waals surface area contributed by atoms with Crippen LogP contribution in [0.4, 0.5) is 4.79 Å². The first kappa shape index (κ1) is 29.2. The van der Waals surface area contributed by atoms with Crippen LogP contribution in [0.15, 0.2) is 18.3 Å². The number of rotatable bonds is 8. The van der Waals surface area contributed by atoms with Gasteiger partial charge in [-0.3, -0.25) is 9.69 Å². The molecule has 40 heavy (non-hydrogen) atoms. The molecule has 0 spiro atoms. The maximum Gasteiger partial charge on any atom is 0.597 e. The number of amides is 2. The molecule has 0 bridgehead atoms. The van der Waals surface area contributed by atoms with Crippen molar-refractivity contribution in [3.8, 4) is 18.1 Å². The number of carboxylic acid groups (broad SMARTS) is 1. The number of carboxylic acids is 1. The van der Waals surface area contributed by atoms with Gasteiger partial charge in [0.25, 0.3) is 11.6 Å². The summed E-state index contributed by atoms with van der Waals surface area (Å²) in [6.45, 7) is 8.67. The van der Waals surface area contributed by atoms with Crippen LogP contribution in [-0.4, -0.2) is 82.1 Å². The standard InChI is InChI=1S/C29H34N4O6S/c1-7-19-15-32(10-11-33(19)28(37)39-29(3,4)5)16-23(26-31-14-24(40-26)18-8-9-18)38-22-12-17(2)20(27(35)36)13-21(22)25(34)30-6/h1,12-14,18,23H,8-11,15-16H2,2-6H3,(H-,30,34,35,36)/p+1. The van der Waals surface area contributed by atoms with Gasteiger partial charge >= 0.3 is 12.1 Å². The summed E-state index contributed by atoms with van der Waals surface area (Å²) in [4.78, 5) is 45.1. The number of carbonyl (C=O) groups excluding carboxylic acids is 2. The molecule has 2 amide bonds. The molecule has 1 saturated carbocycles. The van der Waals surface area contributed by atoms with Gasteiger partial charge in [0.05, 0.1) is 24.2 Å². The van der Waals surface area contributed by atoms with Crippen LogP contribution in [0.1, 0.15) is 81.8 Å². The van der Waals surface area contributed by atoms with Crippen LogP contribution in [0.3, 0.4) is 0 Å². The summed E-state index contributed by atoms with van der Waals surface area (Å²) < 4.78 is 13.5. The minimum Gasteiger partial charge on any atom is -0.481 e. The lowest BCUT2D eigenvalue weighted by Crippen LogP contribution is -2.48. The predicted octanol–water partition coefficient (Wildman–Crippen LogP) is 3.84. The number of thiazole rings is 1. The molecule has 11 heteroatoms. The third-order valence-corrected chi connectivity index (χ3v) is 7.89. The van der Waals surface area contributed by atoms with Crippen molar-refractivity contribution in [3.63, 3.8) is 0 Å². The molecule has 1 unspecified atom stereocenters. The van der Waals surface area contributed by atoms with Gasteiger partial charge in [-0.2, -0.15) is 4.79 Å². The number of hydrogen-bond donors (Lipinski definition) is 2. The largest absolute Gasteiger partial charge is 0.597 e. The minimum absolute atomic E-state index is 0.0271. The molecular formula is C29H35N4O6S+. The van der Waals surface area contributed by atoms with E-state index >= 15 is 0 Å². The second kappa shape index (κ2) is 11.8. The van der Waals surface area contributed by atoms with Gasteiger partial charge in [-0.1, -0.05) is 0 Å². The maximum absolute atomic E-state index is 12.7. The number of nitrogens with zero attached hydrogens (tertiary/aromatic N) is 3. The molecule has 0 radical (unpaired) electrons. The van der Waals surface area contributed by atoms with E-state index in [-0.39, 0.29) is 16.9 Å². The summed E-state index contributed by atoms with van der Waals surface area (Å²) in [5.41, 5.74) is 0.470. The first-order valence-electron chi connectivity index (χ1n) is 13.2. The van der Waals surface area contributed by atoms with Crippen LogP contribution in [0.5, 0.6) is 5.75 Å². The molecule has 2 heterocycles. The number of aromatic carboxylic acids is 1. The fourth-order valence-electron chi connectivity index (χ4n) is 4.43. The molecule has 0 saturated heterocycles. The normalized spacial score (nSPS) is 16.7. The van der Waals surface area contributed by atoms with E-state index in [0.29, 0.717) is 43.4 Å². The van der Waals surface area contributed by atoms with Crippen molar-refractivity contribution in [1.82, 2.24) is 15.2 Å². The molecule has 2 N–H and O–H groups in total. The Morgan fingerprint density at radius 1 is 1.30 bits per heavy atom. The van der Waals surface area contributed by atoms with Gasteiger partial charge in [-0.25, -0.2) is 9.78 Å². The van der Waals surface area contributed by atoms with Gasteiger partial charge in [-0.15, -0.1) is 22.3 Å². The molecule has 1 fully saturated rings. The van der Waals surface area contributed by atoms with E-state index in [1.807, 2.05) is 6.20 Å². The number of aromatic nitrogens is 1. The maximum atomic E-state index is 12.7. The topological polar surface area (TPSA) is 121 Å². The zero-order valence-electron chi connectivity index (χ0n) is 23.4. The van der Waals surface area contributed by atoms with Crippen LogP contribution in [0, 0.1) is 19.3 Å². The molecule has 1 aliphatic carbocycles. The number of benzene rings is 1. The quantitative estimate of drug-likeness (QED) is 0.365. The predicted molar refractivity (Wildman–Crippen MR) is 151 cm³/mol. The van der Waals surface area contributed by atoms with E-state index in [1.54, 1.807) is 45.1 Å². The summed E-state index contributed by atoms with van der Waals surface area (Å²) in [7, 11) is 1.48. The molecule has 1 aromatic carbocycles. The molecule has 1 aromatic heterocycles. The van der Waals surface area contributed by atoms with Crippen LogP contribution in [0.2, 0.25) is 0 Å². The van der Waals surface area contributed by atoms with Crippen molar-refractivity contribution in [2.75, 3.05) is 33.2 Å². The van der Waals surface area contributed by atoms with Gasteiger partial charge in [0.2, 0.25) is 0 Å². The lowest BCUT2D eigenvalue weighted by atomic mass is 10.0. The molecule has 1 aliphatic heterocycles. The van der Waals surface area contributed by atoms with Crippen molar-refractivity contribution in [3.05, 3.63) is 44.9 Å². The molecule has 2 aromatic rings. The monoisotopic (exact) mass is 567 g/mol. The second-order valence-corrected chi connectivity index (χ2v) is 12.1.